The highest BCUT2D eigenvalue weighted by atomic mass is 32.2. The molecule has 1 unspecified atom stereocenters. The highest BCUT2D eigenvalue weighted by Crippen LogP contribution is 2.15. The van der Waals surface area contributed by atoms with E-state index in [2.05, 4.69) is 36.5 Å². The molecule has 0 radical (unpaired) electrons. The number of hydrogen-bond donors (Lipinski definition) is 1. The molecule has 1 atom stereocenters. The lowest BCUT2D eigenvalue weighted by Gasteiger charge is -2.23. The molecule has 1 fully saturated rings. The maximum atomic E-state index is 5.66. The molecule has 1 saturated heterocycles. The highest BCUT2D eigenvalue weighted by molar-refractivity contribution is 7.98. The van der Waals surface area contributed by atoms with Gasteiger partial charge in [0, 0.05) is 24.6 Å². The summed E-state index contributed by atoms with van der Waals surface area (Å²) in [6.45, 7) is 5.00. The van der Waals surface area contributed by atoms with Crippen LogP contribution in [0.2, 0.25) is 0 Å². The Bertz CT molecular complexity index is 323. The van der Waals surface area contributed by atoms with Crippen LogP contribution in [0.4, 0.5) is 0 Å². The average Bonchev–Trinajstić information content (AvgIpc) is 2.30. The van der Waals surface area contributed by atoms with Crippen LogP contribution < -0.4 is 5.32 Å². The first-order chi connectivity index (χ1) is 7.84. The van der Waals surface area contributed by atoms with Gasteiger partial charge >= 0.3 is 0 Å². The summed E-state index contributed by atoms with van der Waals surface area (Å²) in [5.74, 6) is 2.17. The molecule has 1 aliphatic heterocycles. The zero-order valence-electron chi connectivity index (χ0n) is 9.74. The molecule has 2 nitrogen and oxygen atoms in total. The van der Waals surface area contributed by atoms with Crippen molar-refractivity contribution >= 4 is 11.8 Å². The highest BCUT2D eigenvalue weighted by Gasteiger charge is 2.12. The summed E-state index contributed by atoms with van der Waals surface area (Å²) in [5.41, 5.74) is 2.75. The van der Waals surface area contributed by atoms with Gasteiger partial charge in [-0.25, -0.2) is 0 Å². The Kier molecular flexibility index (Phi) is 4.69. The number of hydrogen-bond acceptors (Lipinski definition) is 3. The summed E-state index contributed by atoms with van der Waals surface area (Å²) in [7, 11) is 0. The Morgan fingerprint density at radius 2 is 2.44 bits per heavy atom. The third-order valence-electron chi connectivity index (χ3n) is 2.66. The van der Waals surface area contributed by atoms with Crippen LogP contribution in [0.15, 0.2) is 24.3 Å². The maximum Gasteiger partial charge on any atom is 0.0790 e. The monoisotopic (exact) mass is 237 g/mol. The summed E-state index contributed by atoms with van der Waals surface area (Å²) in [6.07, 6.45) is 0.392. The van der Waals surface area contributed by atoms with Gasteiger partial charge in [0.15, 0.2) is 0 Å². The lowest BCUT2D eigenvalue weighted by Crippen LogP contribution is -2.39. The van der Waals surface area contributed by atoms with Gasteiger partial charge in [0.25, 0.3) is 0 Å². The topological polar surface area (TPSA) is 21.3 Å². The van der Waals surface area contributed by atoms with Crippen LogP contribution in [0.5, 0.6) is 0 Å². The van der Waals surface area contributed by atoms with E-state index in [1.165, 1.54) is 11.1 Å². The first-order valence-electron chi connectivity index (χ1n) is 5.80. The predicted octanol–water partition coefficient (Wildman–Crippen LogP) is 2.22. The van der Waals surface area contributed by atoms with E-state index in [9.17, 15) is 0 Å². The average molecular weight is 237 g/mol. The fourth-order valence-electron chi connectivity index (χ4n) is 1.84. The van der Waals surface area contributed by atoms with E-state index in [-0.39, 0.29) is 0 Å². The molecular formula is C13H19NOS. The van der Waals surface area contributed by atoms with Crippen LogP contribution in [0.3, 0.4) is 0 Å². The molecule has 0 aromatic heterocycles. The van der Waals surface area contributed by atoms with Gasteiger partial charge in [-0.3, -0.25) is 0 Å². The molecule has 2 rings (SSSR count). The van der Waals surface area contributed by atoms with Crippen LogP contribution in [0.25, 0.3) is 0 Å². The maximum absolute atomic E-state index is 5.66. The van der Waals surface area contributed by atoms with Crippen molar-refractivity contribution in [3.05, 3.63) is 35.4 Å². The number of benzene rings is 1. The van der Waals surface area contributed by atoms with Crippen molar-refractivity contribution in [3.8, 4) is 0 Å². The summed E-state index contributed by atoms with van der Waals surface area (Å²) < 4.78 is 5.66. The lowest BCUT2D eigenvalue weighted by molar-refractivity contribution is 0.0441. The third kappa shape index (κ3) is 3.81. The Balaban J connectivity index is 1.71. The Morgan fingerprint density at radius 1 is 1.50 bits per heavy atom. The second kappa shape index (κ2) is 6.28. The molecule has 3 heteroatoms. The van der Waals surface area contributed by atoms with E-state index in [1.807, 2.05) is 11.8 Å². The van der Waals surface area contributed by atoms with Crippen molar-refractivity contribution < 1.29 is 4.74 Å². The molecule has 88 valence electrons. The van der Waals surface area contributed by atoms with Crippen molar-refractivity contribution in [1.82, 2.24) is 5.32 Å². The summed E-state index contributed by atoms with van der Waals surface area (Å²) in [6, 6.07) is 8.72. The van der Waals surface area contributed by atoms with Crippen molar-refractivity contribution in [2.75, 3.05) is 25.4 Å². The number of aryl methyl sites for hydroxylation is 1. The third-order valence-corrected chi connectivity index (χ3v) is 3.80. The van der Waals surface area contributed by atoms with Crippen molar-refractivity contribution in [3.63, 3.8) is 0 Å². The van der Waals surface area contributed by atoms with Gasteiger partial charge in [0.05, 0.1) is 12.7 Å². The van der Waals surface area contributed by atoms with E-state index in [0.717, 1.165) is 31.2 Å². The SMILES string of the molecule is Cc1cccc(CSCC2CNCCO2)c1. The number of morpholine rings is 1. The Labute approximate surface area is 102 Å². The molecule has 0 saturated carbocycles. The van der Waals surface area contributed by atoms with Crippen LogP contribution in [-0.2, 0) is 10.5 Å². The van der Waals surface area contributed by atoms with Gasteiger partial charge in [0.1, 0.15) is 0 Å². The second-order valence-electron chi connectivity index (χ2n) is 4.20. The van der Waals surface area contributed by atoms with Crippen molar-refractivity contribution in [2.45, 2.75) is 18.8 Å². The largest absolute Gasteiger partial charge is 0.375 e. The molecule has 1 aromatic rings. The molecule has 0 aliphatic carbocycles. The molecule has 1 aliphatic rings. The number of nitrogens with one attached hydrogen (secondary N) is 1. The van der Waals surface area contributed by atoms with E-state index >= 15 is 0 Å². The zero-order valence-corrected chi connectivity index (χ0v) is 10.6. The first kappa shape index (κ1) is 12.0. The minimum absolute atomic E-state index is 0.392. The van der Waals surface area contributed by atoms with Crippen LogP contribution in [-0.4, -0.2) is 31.6 Å². The molecule has 0 bridgehead atoms. The van der Waals surface area contributed by atoms with Gasteiger partial charge in [0.2, 0.25) is 0 Å². The minimum Gasteiger partial charge on any atom is -0.375 e. The van der Waals surface area contributed by atoms with Crippen molar-refractivity contribution in [2.24, 2.45) is 0 Å². The zero-order chi connectivity index (χ0) is 11.2. The van der Waals surface area contributed by atoms with E-state index in [4.69, 9.17) is 4.74 Å². The minimum atomic E-state index is 0.392. The van der Waals surface area contributed by atoms with Gasteiger partial charge < -0.3 is 10.1 Å². The molecule has 0 amide bonds. The number of rotatable bonds is 4. The quantitative estimate of drug-likeness (QED) is 0.867. The molecular weight excluding hydrogens is 218 g/mol. The van der Waals surface area contributed by atoms with Gasteiger partial charge in [-0.05, 0) is 12.5 Å². The van der Waals surface area contributed by atoms with Crippen molar-refractivity contribution in [1.29, 1.82) is 0 Å². The van der Waals surface area contributed by atoms with Gasteiger partial charge in [-0.2, -0.15) is 11.8 Å². The smallest absolute Gasteiger partial charge is 0.0790 e. The number of thioether (sulfide) groups is 1. The fourth-order valence-corrected chi connectivity index (χ4v) is 2.85. The fraction of sp³-hybridized carbons (Fsp3) is 0.538. The molecule has 1 N–H and O–H groups in total. The van der Waals surface area contributed by atoms with E-state index < -0.39 is 0 Å². The lowest BCUT2D eigenvalue weighted by atomic mass is 10.2. The van der Waals surface area contributed by atoms with Crippen LogP contribution in [0, 0.1) is 6.92 Å². The first-order valence-corrected chi connectivity index (χ1v) is 6.95. The van der Waals surface area contributed by atoms with Crippen LogP contribution >= 0.6 is 11.8 Å². The summed E-state index contributed by atoms with van der Waals surface area (Å²) in [4.78, 5) is 0. The predicted molar refractivity (Wildman–Crippen MR) is 70.0 cm³/mol. The van der Waals surface area contributed by atoms with E-state index in [1.54, 1.807) is 0 Å². The Hall–Kier alpha value is -0.510. The summed E-state index contributed by atoms with van der Waals surface area (Å²) >= 11 is 1.96. The van der Waals surface area contributed by atoms with Gasteiger partial charge in [-0.1, -0.05) is 29.8 Å². The molecule has 0 spiro atoms. The number of ether oxygens (including phenoxy) is 1. The van der Waals surface area contributed by atoms with Gasteiger partial charge in [-0.15, -0.1) is 0 Å². The molecule has 16 heavy (non-hydrogen) atoms. The van der Waals surface area contributed by atoms with E-state index in [0.29, 0.717) is 6.10 Å². The Morgan fingerprint density at radius 3 is 3.19 bits per heavy atom. The van der Waals surface area contributed by atoms with Crippen LogP contribution in [0.1, 0.15) is 11.1 Å². The second-order valence-corrected chi connectivity index (χ2v) is 5.23. The summed E-state index contributed by atoms with van der Waals surface area (Å²) in [5, 5.41) is 3.35. The standard InChI is InChI=1S/C13H19NOS/c1-11-3-2-4-12(7-11)9-16-10-13-8-14-5-6-15-13/h2-4,7,13-14H,5-6,8-10H2,1H3. The normalized spacial score (nSPS) is 20.9. The molecule has 1 heterocycles. The molecule has 1 aromatic carbocycles.